The number of hydrogen-bond acceptors (Lipinski definition) is 2. The molecule has 4 fully saturated rings. The van der Waals surface area contributed by atoms with E-state index in [2.05, 4.69) is 6.92 Å². The maximum atomic E-state index is 5.92. The van der Waals surface area contributed by atoms with Gasteiger partial charge in [-0.2, -0.15) is 0 Å². The van der Waals surface area contributed by atoms with Gasteiger partial charge in [-0.15, -0.1) is 0 Å². The molecule has 2 nitrogen and oxygen atoms in total. The molecule has 0 heterocycles. The monoisotopic (exact) mass is 236 g/mol. The van der Waals surface area contributed by atoms with Crippen LogP contribution >= 0.6 is 0 Å². The van der Waals surface area contributed by atoms with Crippen molar-refractivity contribution in [3.05, 3.63) is 0 Å². The molecular weight excluding hydrogens is 208 g/mol. The molecule has 4 aliphatic carbocycles. The fourth-order valence-electron chi connectivity index (χ4n) is 5.74. The van der Waals surface area contributed by atoms with Crippen molar-refractivity contribution >= 4 is 0 Å². The van der Waals surface area contributed by atoms with Gasteiger partial charge in [0.15, 0.2) is 0 Å². The minimum absolute atomic E-state index is 0.547. The second-order valence-corrected chi connectivity index (χ2v) is 7.30. The van der Waals surface area contributed by atoms with E-state index in [0.717, 1.165) is 36.8 Å². The Morgan fingerprint density at radius 1 is 0.941 bits per heavy atom. The lowest BCUT2D eigenvalue weighted by atomic mass is 9.45. The van der Waals surface area contributed by atoms with Crippen molar-refractivity contribution in [1.82, 2.24) is 0 Å². The topological polar surface area (TPSA) is 52.0 Å². The van der Waals surface area contributed by atoms with Crippen molar-refractivity contribution < 1.29 is 0 Å². The average Bonchev–Trinajstić information content (AvgIpc) is 2.28. The third kappa shape index (κ3) is 1.84. The number of nitrogens with two attached hydrogens (primary N) is 2. The molecule has 98 valence electrons. The molecule has 4 aliphatic rings. The van der Waals surface area contributed by atoms with Crippen LogP contribution in [-0.2, 0) is 0 Å². The lowest BCUT2D eigenvalue weighted by molar-refractivity contribution is -0.0946. The van der Waals surface area contributed by atoms with Gasteiger partial charge in [0, 0.05) is 0 Å². The fourth-order valence-corrected chi connectivity index (χ4v) is 5.74. The van der Waals surface area contributed by atoms with E-state index in [1.165, 1.54) is 38.5 Å². The molecule has 0 saturated heterocycles. The maximum Gasteiger partial charge on any atom is -0.00340 e. The Labute approximate surface area is 106 Å². The molecule has 0 radical (unpaired) electrons. The number of hydrogen-bond donors (Lipinski definition) is 2. The second kappa shape index (κ2) is 4.24. The lowest BCUT2D eigenvalue weighted by Gasteiger charge is -2.60. The van der Waals surface area contributed by atoms with Crippen LogP contribution in [0.1, 0.15) is 45.4 Å². The van der Waals surface area contributed by atoms with E-state index < -0.39 is 0 Å². The summed E-state index contributed by atoms with van der Waals surface area (Å²) in [5.74, 6) is 4.41. The zero-order valence-corrected chi connectivity index (χ0v) is 11.2. The van der Waals surface area contributed by atoms with Crippen LogP contribution in [0.15, 0.2) is 0 Å². The van der Waals surface area contributed by atoms with Gasteiger partial charge in [0.25, 0.3) is 0 Å². The third-order valence-electron chi connectivity index (χ3n) is 6.36. The van der Waals surface area contributed by atoms with E-state index in [9.17, 15) is 0 Å². The van der Waals surface area contributed by atoms with Gasteiger partial charge in [-0.1, -0.05) is 6.92 Å². The van der Waals surface area contributed by atoms with Gasteiger partial charge >= 0.3 is 0 Å². The molecule has 17 heavy (non-hydrogen) atoms. The first-order chi connectivity index (χ1) is 8.16. The second-order valence-electron chi connectivity index (χ2n) is 7.30. The lowest BCUT2D eigenvalue weighted by Crippen LogP contribution is -2.52. The van der Waals surface area contributed by atoms with E-state index in [1.807, 2.05) is 0 Å². The minimum Gasteiger partial charge on any atom is -0.330 e. The average molecular weight is 236 g/mol. The Hall–Kier alpha value is -0.0800. The van der Waals surface area contributed by atoms with Crippen LogP contribution < -0.4 is 11.5 Å². The van der Waals surface area contributed by atoms with Crippen molar-refractivity contribution in [2.45, 2.75) is 45.4 Å². The predicted octanol–water partition coefficient (Wildman–Crippen LogP) is 2.37. The summed E-state index contributed by atoms with van der Waals surface area (Å²) in [4.78, 5) is 0. The summed E-state index contributed by atoms with van der Waals surface area (Å²) in [5.41, 5.74) is 12.5. The van der Waals surface area contributed by atoms with Crippen molar-refractivity contribution in [1.29, 1.82) is 0 Å². The number of rotatable bonds is 4. The molecule has 0 aromatic heterocycles. The molecule has 0 aromatic carbocycles. The van der Waals surface area contributed by atoms with Crippen molar-refractivity contribution in [2.24, 2.45) is 46.5 Å². The molecule has 0 aromatic rings. The molecule has 0 aliphatic heterocycles. The molecule has 4 N–H and O–H groups in total. The van der Waals surface area contributed by atoms with Crippen molar-refractivity contribution in [3.63, 3.8) is 0 Å². The Morgan fingerprint density at radius 2 is 1.35 bits per heavy atom. The molecular formula is C15H28N2. The van der Waals surface area contributed by atoms with Crippen LogP contribution in [0, 0.1) is 35.0 Å². The zero-order chi connectivity index (χ0) is 12.0. The molecule has 4 rings (SSSR count). The first-order valence-electron chi connectivity index (χ1n) is 7.57. The summed E-state index contributed by atoms with van der Waals surface area (Å²) < 4.78 is 0. The molecule has 1 unspecified atom stereocenters. The fraction of sp³-hybridized carbons (Fsp3) is 1.00. The van der Waals surface area contributed by atoms with E-state index in [0.29, 0.717) is 11.3 Å². The van der Waals surface area contributed by atoms with Crippen LogP contribution in [0.3, 0.4) is 0 Å². The highest BCUT2D eigenvalue weighted by Crippen LogP contribution is 2.63. The largest absolute Gasteiger partial charge is 0.330 e. The predicted molar refractivity (Wildman–Crippen MR) is 71.4 cm³/mol. The van der Waals surface area contributed by atoms with Gasteiger partial charge in [-0.25, -0.2) is 0 Å². The highest BCUT2D eigenvalue weighted by atomic mass is 14.7. The van der Waals surface area contributed by atoms with Gasteiger partial charge in [0.1, 0.15) is 0 Å². The Kier molecular flexibility index (Phi) is 2.99. The van der Waals surface area contributed by atoms with E-state index >= 15 is 0 Å². The molecule has 4 bridgehead atoms. The van der Waals surface area contributed by atoms with Gasteiger partial charge in [0.05, 0.1) is 0 Å². The van der Waals surface area contributed by atoms with Gasteiger partial charge in [-0.3, -0.25) is 0 Å². The summed E-state index contributed by atoms with van der Waals surface area (Å²) in [6.07, 6.45) is 9.04. The zero-order valence-electron chi connectivity index (χ0n) is 11.2. The summed E-state index contributed by atoms with van der Waals surface area (Å²) in [7, 11) is 0. The highest BCUT2D eigenvalue weighted by molar-refractivity contribution is 5.04. The molecule has 0 amide bonds. The van der Waals surface area contributed by atoms with E-state index in [4.69, 9.17) is 11.5 Å². The van der Waals surface area contributed by atoms with Gasteiger partial charge < -0.3 is 11.5 Å². The molecule has 0 spiro atoms. The quantitative estimate of drug-likeness (QED) is 0.787. The smallest absolute Gasteiger partial charge is 0.00340 e. The third-order valence-corrected chi connectivity index (χ3v) is 6.36. The first-order valence-corrected chi connectivity index (χ1v) is 7.57. The Bertz CT molecular complexity index is 247. The maximum absolute atomic E-state index is 5.92. The van der Waals surface area contributed by atoms with E-state index in [1.54, 1.807) is 0 Å². The summed E-state index contributed by atoms with van der Waals surface area (Å²) >= 11 is 0. The summed E-state index contributed by atoms with van der Waals surface area (Å²) in [6.45, 7) is 4.00. The first kappa shape index (κ1) is 12.0. The van der Waals surface area contributed by atoms with Crippen molar-refractivity contribution in [3.8, 4) is 0 Å². The SMILES string of the molecule is CC(C(CN)CN)C12CC3CC(CC(C3)C1)C2. The Morgan fingerprint density at radius 3 is 1.71 bits per heavy atom. The van der Waals surface area contributed by atoms with Crippen LogP contribution in [0.25, 0.3) is 0 Å². The van der Waals surface area contributed by atoms with Crippen LogP contribution in [0.4, 0.5) is 0 Å². The molecule has 1 atom stereocenters. The van der Waals surface area contributed by atoms with Gasteiger partial charge in [0.2, 0.25) is 0 Å². The normalized spacial score (nSPS) is 45.5. The summed E-state index contributed by atoms with van der Waals surface area (Å²) in [6, 6.07) is 0. The van der Waals surface area contributed by atoms with Crippen molar-refractivity contribution in [2.75, 3.05) is 13.1 Å². The standard InChI is InChI=1S/C15H28N2/c1-10(14(8-16)9-17)15-5-11-2-12(6-15)4-13(3-11)7-15/h10-14H,2-9,16-17H2,1H3. The molecule has 4 saturated carbocycles. The van der Waals surface area contributed by atoms with Crippen LogP contribution in [0.2, 0.25) is 0 Å². The van der Waals surface area contributed by atoms with Crippen LogP contribution in [0.5, 0.6) is 0 Å². The van der Waals surface area contributed by atoms with Crippen LogP contribution in [-0.4, -0.2) is 13.1 Å². The Balaban J connectivity index is 1.81. The molecule has 2 heteroatoms. The highest BCUT2D eigenvalue weighted by Gasteiger charge is 2.53. The summed E-state index contributed by atoms with van der Waals surface area (Å²) in [5, 5.41) is 0. The van der Waals surface area contributed by atoms with E-state index in [-0.39, 0.29) is 0 Å². The van der Waals surface area contributed by atoms with Gasteiger partial charge in [-0.05, 0) is 86.6 Å². The minimum atomic E-state index is 0.547.